The molecule has 0 rings (SSSR count). The lowest BCUT2D eigenvalue weighted by molar-refractivity contribution is 0.134. The van der Waals surface area contributed by atoms with E-state index in [1.807, 2.05) is 0 Å². The van der Waals surface area contributed by atoms with Gasteiger partial charge in [-0.15, -0.1) is 0 Å². The Bertz CT molecular complexity index is 377. The maximum Gasteiger partial charge on any atom is 0.264 e. The van der Waals surface area contributed by atoms with Crippen molar-refractivity contribution in [2.75, 3.05) is 19.0 Å². The SMILES string of the molecule is CCCCCCCCCOCCC=CCCCCCCS(=O)(=O)O. The Morgan fingerprint density at radius 1 is 0.750 bits per heavy atom. The summed E-state index contributed by atoms with van der Waals surface area (Å²) in [6.45, 7) is 3.94. The molecule has 0 aliphatic carbocycles. The third kappa shape index (κ3) is 21.6. The monoisotopic (exact) mass is 362 g/mol. The van der Waals surface area contributed by atoms with Crippen molar-refractivity contribution in [2.24, 2.45) is 0 Å². The Kier molecular flexibility index (Phi) is 17.2. The Balaban J connectivity index is 3.14. The third-order valence-corrected chi connectivity index (χ3v) is 4.82. The Morgan fingerprint density at radius 2 is 1.33 bits per heavy atom. The predicted octanol–water partition coefficient (Wildman–Crippen LogP) is 5.54. The van der Waals surface area contributed by atoms with Gasteiger partial charge >= 0.3 is 0 Å². The van der Waals surface area contributed by atoms with E-state index in [-0.39, 0.29) is 5.75 Å². The summed E-state index contributed by atoms with van der Waals surface area (Å²) in [4.78, 5) is 0. The van der Waals surface area contributed by atoms with Crippen LogP contribution in [0.15, 0.2) is 12.2 Å². The molecule has 0 unspecified atom stereocenters. The zero-order chi connectivity index (χ0) is 17.9. The van der Waals surface area contributed by atoms with Crippen LogP contribution < -0.4 is 0 Å². The van der Waals surface area contributed by atoms with Gasteiger partial charge in [0.2, 0.25) is 0 Å². The van der Waals surface area contributed by atoms with Crippen LogP contribution in [-0.2, 0) is 14.9 Å². The maximum absolute atomic E-state index is 10.5. The molecule has 0 aliphatic heterocycles. The van der Waals surface area contributed by atoms with Gasteiger partial charge < -0.3 is 4.74 Å². The summed E-state index contributed by atoms with van der Waals surface area (Å²) in [7, 11) is -3.77. The molecule has 0 saturated carbocycles. The quantitative estimate of drug-likeness (QED) is 0.197. The lowest BCUT2D eigenvalue weighted by Crippen LogP contribution is -2.03. The van der Waals surface area contributed by atoms with Crippen LogP contribution in [0.2, 0.25) is 0 Å². The fraction of sp³-hybridized carbons (Fsp3) is 0.895. The molecule has 0 saturated heterocycles. The zero-order valence-corrected chi connectivity index (χ0v) is 16.4. The number of unbranched alkanes of at least 4 members (excludes halogenated alkanes) is 10. The normalized spacial score (nSPS) is 12.2. The highest BCUT2D eigenvalue weighted by molar-refractivity contribution is 7.85. The predicted molar refractivity (Wildman–Crippen MR) is 102 cm³/mol. The summed E-state index contributed by atoms with van der Waals surface area (Å²) in [5.41, 5.74) is 0. The lowest BCUT2D eigenvalue weighted by Gasteiger charge is -2.03. The number of rotatable bonds is 18. The van der Waals surface area contributed by atoms with Gasteiger partial charge in [0.15, 0.2) is 0 Å². The molecule has 5 heteroatoms. The molecule has 0 aromatic carbocycles. The van der Waals surface area contributed by atoms with Crippen molar-refractivity contribution < 1.29 is 17.7 Å². The van der Waals surface area contributed by atoms with E-state index in [4.69, 9.17) is 9.29 Å². The van der Waals surface area contributed by atoms with Gasteiger partial charge in [-0.05, 0) is 32.1 Å². The van der Waals surface area contributed by atoms with Crippen LogP contribution in [0.5, 0.6) is 0 Å². The summed E-state index contributed by atoms with van der Waals surface area (Å²) < 4.78 is 35.3. The van der Waals surface area contributed by atoms with Gasteiger partial charge in [0.25, 0.3) is 10.1 Å². The molecule has 0 radical (unpaired) electrons. The van der Waals surface area contributed by atoms with Crippen molar-refractivity contribution in [3.63, 3.8) is 0 Å². The number of hydrogen-bond acceptors (Lipinski definition) is 3. The van der Waals surface area contributed by atoms with Gasteiger partial charge in [0.1, 0.15) is 0 Å². The highest BCUT2D eigenvalue weighted by Gasteiger charge is 2.02. The first-order valence-corrected chi connectivity index (χ1v) is 11.3. The number of ether oxygens (including phenoxy) is 1. The van der Waals surface area contributed by atoms with Crippen LogP contribution in [0.1, 0.15) is 90.4 Å². The summed E-state index contributed by atoms with van der Waals surface area (Å²) in [5, 5.41) is 0. The second-order valence-electron chi connectivity index (χ2n) is 6.48. The van der Waals surface area contributed by atoms with Gasteiger partial charge in [0.05, 0.1) is 12.4 Å². The van der Waals surface area contributed by atoms with Crippen molar-refractivity contribution in [2.45, 2.75) is 90.4 Å². The van der Waals surface area contributed by atoms with Crippen molar-refractivity contribution >= 4 is 10.1 Å². The number of allylic oxidation sites excluding steroid dienone is 1. The topological polar surface area (TPSA) is 63.6 Å². The standard InChI is InChI=1S/C19H38O4S/c1-2-3-4-5-8-11-14-17-23-18-15-12-9-6-7-10-13-16-19-24(20,21)22/h9,12H,2-8,10-11,13-19H2,1H3,(H,20,21,22). The molecule has 4 nitrogen and oxygen atoms in total. The van der Waals surface area contributed by atoms with Gasteiger partial charge in [-0.2, -0.15) is 8.42 Å². The zero-order valence-electron chi connectivity index (χ0n) is 15.5. The van der Waals surface area contributed by atoms with Crippen molar-refractivity contribution in [1.29, 1.82) is 0 Å². The minimum absolute atomic E-state index is 0.112. The summed E-state index contributed by atoms with van der Waals surface area (Å²) in [5.74, 6) is -0.112. The second kappa shape index (κ2) is 17.4. The molecule has 0 aromatic rings. The molecule has 0 heterocycles. The molecule has 0 spiro atoms. The van der Waals surface area contributed by atoms with Gasteiger partial charge in [-0.25, -0.2) is 0 Å². The van der Waals surface area contributed by atoms with Crippen LogP contribution in [0, 0.1) is 0 Å². The van der Waals surface area contributed by atoms with E-state index in [0.29, 0.717) is 6.42 Å². The van der Waals surface area contributed by atoms with Gasteiger partial charge in [-0.3, -0.25) is 4.55 Å². The van der Waals surface area contributed by atoms with Crippen molar-refractivity contribution in [3.05, 3.63) is 12.2 Å². The molecule has 0 bridgehead atoms. The van der Waals surface area contributed by atoms with Crippen LogP contribution in [0.3, 0.4) is 0 Å². The van der Waals surface area contributed by atoms with E-state index < -0.39 is 10.1 Å². The molecule has 0 fully saturated rings. The first-order valence-electron chi connectivity index (χ1n) is 9.74. The number of hydrogen-bond donors (Lipinski definition) is 1. The maximum atomic E-state index is 10.5. The molecule has 24 heavy (non-hydrogen) atoms. The first kappa shape index (κ1) is 23.6. The van der Waals surface area contributed by atoms with Gasteiger partial charge in [0, 0.05) is 6.61 Å². The van der Waals surface area contributed by atoms with Gasteiger partial charge in [-0.1, -0.05) is 70.4 Å². The Morgan fingerprint density at radius 3 is 2.04 bits per heavy atom. The molecule has 144 valence electrons. The second-order valence-corrected chi connectivity index (χ2v) is 8.05. The average molecular weight is 363 g/mol. The molecule has 0 amide bonds. The fourth-order valence-electron chi connectivity index (χ4n) is 2.55. The van der Waals surface area contributed by atoms with Crippen molar-refractivity contribution in [1.82, 2.24) is 0 Å². The van der Waals surface area contributed by atoms with E-state index in [9.17, 15) is 8.42 Å². The summed E-state index contributed by atoms with van der Waals surface area (Å²) in [6.07, 6.45) is 19.1. The average Bonchev–Trinajstić information content (AvgIpc) is 2.52. The van der Waals surface area contributed by atoms with E-state index in [1.54, 1.807) is 0 Å². The molecule has 0 atom stereocenters. The Labute approximate surface area is 149 Å². The smallest absolute Gasteiger partial charge is 0.264 e. The van der Waals surface area contributed by atoms with Crippen molar-refractivity contribution in [3.8, 4) is 0 Å². The largest absolute Gasteiger partial charge is 0.381 e. The molecule has 0 aliphatic rings. The highest BCUT2D eigenvalue weighted by atomic mass is 32.2. The molecular formula is C19H38O4S. The third-order valence-electron chi connectivity index (χ3n) is 4.01. The Hall–Kier alpha value is -0.390. The molecule has 1 N–H and O–H groups in total. The highest BCUT2D eigenvalue weighted by Crippen LogP contribution is 2.07. The summed E-state index contributed by atoms with van der Waals surface area (Å²) in [6, 6.07) is 0. The summed E-state index contributed by atoms with van der Waals surface area (Å²) >= 11 is 0. The molecule has 0 aromatic heterocycles. The van der Waals surface area contributed by atoms with Crippen LogP contribution >= 0.6 is 0 Å². The van der Waals surface area contributed by atoms with Crippen LogP contribution in [-0.4, -0.2) is 31.9 Å². The van der Waals surface area contributed by atoms with E-state index in [2.05, 4.69) is 19.1 Å². The minimum Gasteiger partial charge on any atom is -0.381 e. The first-order chi connectivity index (χ1) is 11.6. The van der Waals surface area contributed by atoms with E-state index in [0.717, 1.165) is 45.3 Å². The van der Waals surface area contributed by atoms with Crippen LogP contribution in [0.4, 0.5) is 0 Å². The van der Waals surface area contributed by atoms with Crippen LogP contribution in [0.25, 0.3) is 0 Å². The van der Waals surface area contributed by atoms with E-state index >= 15 is 0 Å². The minimum atomic E-state index is -3.77. The molecular weight excluding hydrogens is 324 g/mol. The fourth-order valence-corrected chi connectivity index (χ4v) is 3.12. The van der Waals surface area contributed by atoms with E-state index in [1.165, 1.54) is 44.9 Å². The lowest BCUT2D eigenvalue weighted by atomic mass is 10.1.